The molecule has 0 aliphatic carbocycles. The lowest BCUT2D eigenvalue weighted by atomic mass is 10.1. The van der Waals surface area contributed by atoms with E-state index in [-0.39, 0.29) is 6.54 Å². The molecule has 0 saturated carbocycles. The largest absolute Gasteiger partial charge is 0.442 e. The predicted molar refractivity (Wildman–Crippen MR) is 94.6 cm³/mol. The van der Waals surface area contributed by atoms with Gasteiger partial charge in [-0.3, -0.25) is 9.51 Å². The molecular weight excluding hydrogens is 340 g/mol. The third-order valence-corrected chi connectivity index (χ3v) is 4.54. The second kappa shape index (κ2) is 6.14. The monoisotopic (exact) mass is 352 g/mol. The van der Waals surface area contributed by atoms with Crippen LogP contribution in [-0.2, 0) is 6.54 Å². The second-order valence-corrected chi connectivity index (χ2v) is 5.97. The van der Waals surface area contributed by atoms with Crippen molar-refractivity contribution in [3.8, 4) is 11.5 Å². The molecule has 3 aromatic heterocycles. The van der Waals surface area contributed by atoms with Crippen LogP contribution in [0.2, 0.25) is 5.02 Å². The Kier molecular flexibility index (Phi) is 3.82. The van der Waals surface area contributed by atoms with Gasteiger partial charge in [0.2, 0.25) is 5.82 Å². The summed E-state index contributed by atoms with van der Waals surface area (Å²) in [6.45, 7) is 2.09. The Morgan fingerprint density at radius 3 is 2.76 bits per heavy atom. The fraction of sp³-hybridized carbons (Fsp3) is 0.111. The second-order valence-electron chi connectivity index (χ2n) is 5.59. The zero-order chi connectivity index (χ0) is 17.4. The van der Waals surface area contributed by atoms with E-state index in [1.54, 1.807) is 18.3 Å². The van der Waals surface area contributed by atoms with Crippen LogP contribution >= 0.6 is 11.6 Å². The number of aryl methyl sites for hydroxylation is 1. The first-order chi connectivity index (χ1) is 12.1. The van der Waals surface area contributed by atoms with E-state index in [2.05, 4.69) is 15.1 Å². The van der Waals surface area contributed by atoms with Crippen LogP contribution in [0.5, 0.6) is 0 Å². The van der Waals surface area contributed by atoms with E-state index in [0.29, 0.717) is 22.2 Å². The van der Waals surface area contributed by atoms with Gasteiger partial charge in [0, 0.05) is 11.6 Å². The standard InChI is InChI=1S/C18H13ClN4O2/c1-11-12-6-2-3-7-13(12)21-15(16(11)19)10-23-17(22-25-18(23)24)14-8-4-5-9-20-14/h2-9H,10H2,1H3. The van der Waals surface area contributed by atoms with Crippen LogP contribution in [0.25, 0.3) is 22.4 Å². The summed E-state index contributed by atoms with van der Waals surface area (Å²) >= 11 is 6.50. The van der Waals surface area contributed by atoms with Crippen molar-refractivity contribution in [2.24, 2.45) is 0 Å². The molecule has 25 heavy (non-hydrogen) atoms. The number of aromatic nitrogens is 4. The highest BCUT2D eigenvalue weighted by atomic mass is 35.5. The molecule has 0 aliphatic heterocycles. The molecule has 3 heterocycles. The fourth-order valence-corrected chi connectivity index (χ4v) is 2.96. The van der Waals surface area contributed by atoms with Crippen LogP contribution in [0.4, 0.5) is 0 Å². The lowest BCUT2D eigenvalue weighted by Gasteiger charge is -2.10. The minimum Gasteiger partial charge on any atom is -0.295 e. The van der Waals surface area contributed by atoms with Gasteiger partial charge in [0.05, 0.1) is 22.8 Å². The summed E-state index contributed by atoms with van der Waals surface area (Å²) in [4.78, 5) is 20.9. The normalized spacial score (nSPS) is 11.1. The first-order valence-corrected chi connectivity index (χ1v) is 8.04. The third kappa shape index (κ3) is 2.70. The minimum absolute atomic E-state index is 0.152. The van der Waals surface area contributed by atoms with Gasteiger partial charge in [0.1, 0.15) is 5.69 Å². The van der Waals surface area contributed by atoms with Gasteiger partial charge in [-0.1, -0.05) is 41.0 Å². The van der Waals surface area contributed by atoms with Gasteiger partial charge < -0.3 is 0 Å². The number of fused-ring (bicyclic) bond motifs is 1. The van der Waals surface area contributed by atoms with Crippen LogP contribution in [-0.4, -0.2) is 19.7 Å². The van der Waals surface area contributed by atoms with Gasteiger partial charge in [-0.15, -0.1) is 0 Å². The van der Waals surface area contributed by atoms with E-state index in [4.69, 9.17) is 16.1 Å². The lowest BCUT2D eigenvalue weighted by molar-refractivity contribution is 0.378. The average Bonchev–Trinajstić information content (AvgIpc) is 3.01. The summed E-state index contributed by atoms with van der Waals surface area (Å²) in [6, 6.07) is 13.1. The highest BCUT2D eigenvalue weighted by Gasteiger charge is 2.17. The summed E-state index contributed by atoms with van der Waals surface area (Å²) in [7, 11) is 0. The van der Waals surface area contributed by atoms with Gasteiger partial charge in [-0.25, -0.2) is 14.3 Å². The zero-order valence-corrected chi connectivity index (χ0v) is 14.1. The van der Waals surface area contributed by atoms with Gasteiger partial charge in [-0.05, 0) is 30.7 Å². The highest BCUT2D eigenvalue weighted by Crippen LogP contribution is 2.27. The van der Waals surface area contributed by atoms with Gasteiger partial charge in [0.15, 0.2) is 0 Å². The Morgan fingerprint density at radius 2 is 1.96 bits per heavy atom. The van der Waals surface area contributed by atoms with Crippen LogP contribution in [0.3, 0.4) is 0 Å². The molecule has 0 fully saturated rings. The molecule has 4 rings (SSSR count). The van der Waals surface area contributed by atoms with Gasteiger partial charge in [-0.2, -0.15) is 0 Å². The topological polar surface area (TPSA) is 73.8 Å². The number of halogens is 1. The van der Waals surface area contributed by atoms with Gasteiger partial charge >= 0.3 is 5.76 Å². The van der Waals surface area contributed by atoms with Crippen molar-refractivity contribution < 1.29 is 4.52 Å². The van der Waals surface area contributed by atoms with Gasteiger partial charge in [0.25, 0.3) is 0 Å². The van der Waals surface area contributed by atoms with Crippen molar-refractivity contribution in [3.05, 3.63) is 75.5 Å². The average molecular weight is 353 g/mol. The molecule has 0 bridgehead atoms. The third-order valence-electron chi connectivity index (χ3n) is 4.03. The maximum Gasteiger partial charge on any atom is 0.442 e. The molecule has 0 aliphatic rings. The Balaban J connectivity index is 1.85. The fourth-order valence-electron chi connectivity index (χ4n) is 2.76. The van der Waals surface area contributed by atoms with Crippen molar-refractivity contribution in [1.82, 2.24) is 19.7 Å². The Morgan fingerprint density at radius 1 is 1.16 bits per heavy atom. The number of para-hydroxylation sites is 1. The summed E-state index contributed by atoms with van der Waals surface area (Å²) < 4.78 is 6.21. The Labute approximate surface area is 147 Å². The number of nitrogens with zero attached hydrogens (tertiary/aromatic N) is 4. The zero-order valence-electron chi connectivity index (χ0n) is 13.3. The molecule has 0 saturated heterocycles. The first-order valence-electron chi connectivity index (χ1n) is 7.67. The SMILES string of the molecule is Cc1c(Cl)c(Cn2c(-c3ccccn3)noc2=O)nc2ccccc12. The number of hydrogen-bond donors (Lipinski definition) is 0. The molecule has 0 radical (unpaired) electrons. The molecule has 124 valence electrons. The maximum absolute atomic E-state index is 12.1. The molecule has 1 aromatic carbocycles. The molecule has 0 atom stereocenters. The highest BCUT2D eigenvalue weighted by molar-refractivity contribution is 6.32. The maximum atomic E-state index is 12.1. The first kappa shape index (κ1) is 15.5. The predicted octanol–water partition coefficient (Wildman–Crippen LogP) is 3.46. The molecule has 4 aromatic rings. The molecule has 0 N–H and O–H groups in total. The van der Waals surface area contributed by atoms with E-state index in [1.807, 2.05) is 37.3 Å². The van der Waals surface area contributed by atoms with Crippen molar-refractivity contribution in [1.29, 1.82) is 0 Å². The molecule has 6 nitrogen and oxygen atoms in total. The minimum atomic E-state index is -0.579. The van der Waals surface area contributed by atoms with Crippen LogP contribution in [0.1, 0.15) is 11.3 Å². The van der Waals surface area contributed by atoms with E-state index in [1.165, 1.54) is 4.57 Å². The van der Waals surface area contributed by atoms with Crippen molar-refractivity contribution in [2.75, 3.05) is 0 Å². The summed E-state index contributed by atoms with van der Waals surface area (Å²) in [5.74, 6) is -0.237. The van der Waals surface area contributed by atoms with E-state index in [0.717, 1.165) is 16.5 Å². The van der Waals surface area contributed by atoms with E-state index in [9.17, 15) is 4.79 Å². The molecule has 0 amide bonds. The number of rotatable bonds is 3. The number of benzene rings is 1. The number of pyridine rings is 2. The van der Waals surface area contributed by atoms with E-state index < -0.39 is 5.76 Å². The number of hydrogen-bond acceptors (Lipinski definition) is 5. The van der Waals surface area contributed by atoms with E-state index >= 15 is 0 Å². The van der Waals surface area contributed by atoms with Crippen LogP contribution in [0, 0.1) is 6.92 Å². The van der Waals surface area contributed by atoms with Crippen molar-refractivity contribution in [3.63, 3.8) is 0 Å². The van der Waals surface area contributed by atoms with Crippen LogP contribution in [0.15, 0.2) is 58.0 Å². The Hall–Kier alpha value is -2.99. The summed E-state index contributed by atoms with van der Waals surface area (Å²) in [5.41, 5.74) is 2.87. The molecule has 0 unspecified atom stereocenters. The van der Waals surface area contributed by atoms with Crippen molar-refractivity contribution >= 4 is 22.5 Å². The molecular formula is C18H13ClN4O2. The van der Waals surface area contributed by atoms with Crippen molar-refractivity contribution in [2.45, 2.75) is 13.5 Å². The summed E-state index contributed by atoms with van der Waals surface area (Å²) in [6.07, 6.45) is 1.63. The smallest absolute Gasteiger partial charge is 0.295 e. The lowest BCUT2D eigenvalue weighted by Crippen LogP contribution is -2.18. The Bertz CT molecular complexity index is 1120. The summed E-state index contributed by atoms with van der Waals surface area (Å²) in [5, 5.41) is 5.35. The molecule has 7 heteroatoms. The quantitative estimate of drug-likeness (QED) is 0.564. The molecule has 0 spiro atoms. The van der Waals surface area contributed by atoms with Crippen LogP contribution < -0.4 is 5.76 Å².